The zero-order chi connectivity index (χ0) is 15.5. The first-order chi connectivity index (χ1) is 10.6. The highest BCUT2D eigenvalue weighted by atomic mass is 16.1. The molecule has 108 valence electrons. The number of nitrogens with zero attached hydrogens (tertiary/aromatic N) is 2. The molecule has 2 aromatic carbocycles. The molecule has 0 spiro atoms. The number of anilines is 3. The maximum absolute atomic E-state index is 11.0. The summed E-state index contributed by atoms with van der Waals surface area (Å²) in [6, 6.07) is 13.6. The van der Waals surface area contributed by atoms with Gasteiger partial charge in [0.25, 0.3) is 0 Å². The molecule has 0 saturated heterocycles. The van der Waals surface area contributed by atoms with Crippen molar-refractivity contribution in [1.82, 2.24) is 9.97 Å². The molecule has 0 atom stereocenters. The first-order valence-electron chi connectivity index (χ1n) is 6.98. The van der Waals surface area contributed by atoms with Crippen LogP contribution in [0.3, 0.4) is 0 Å². The molecule has 0 unspecified atom stereocenters. The first-order valence-corrected chi connectivity index (χ1v) is 6.98. The van der Waals surface area contributed by atoms with Gasteiger partial charge < -0.3 is 10.6 Å². The number of amides is 1. The third-order valence-corrected chi connectivity index (χ3v) is 3.26. The standard InChI is InChI=1S/C16H15BN4O/c1-10(22)20-12-3-5-13(6-4-12)21-16-14-8-11(17)2-7-15(14)18-9-19-16/h2-9H,17H2,1H3,(H,20,22)(H,18,19,21). The van der Waals surface area contributed by atoms with Crippen LogP contribution in [0.4, 0.5) is 17.2 Å². The van der Waals surface area contributed by atoms with Gasteiger partial charge in [-0.2, -0.15) is 0 Å². The van der Waals surface area contributed by atoms with E-state index < -0.39 is 0 Å². The van der Waals surface area contributed by atoms with Crippen molar-refractivity contribution in [2.24, 2.45) is 0 Å². The average Bonchev–Trinajstić information content (AvgIpc) is 2.49. The molecule has 2 N–H and O–H groups in total. The van der Waals surface area contributed by atoms with Crippen molar-refractivity contribution in [3.8, 4) is 0 Å². The molecule has 0 bridgehead atoms. The van der Waals surface area contributed by atoms with E-state index in [1.165, 1.54) is 6.92 Å². The number of hydrogen-bond donors (Lipinski definition) is 2. The number of benzene rings is 2. The lowest BCUT2D eigenvalue weighted by molar-refractivity contribution is -0.114. The van der Waals surface area contributed by atoms with Crippen LogP contribution in [0.2, 0.25) is 0 Å². The maximum atomic E-state index is 11.0. The Hall–Kier alpha value is -2.89. The normalized spacial score (nSPS) is 10.4. The maximum Gasteiger partial charge on any atom is 0.221 e. The van der Waals surface area contributed by atoms with E-state index in [2.05, 4.69) is 26.7 Å². The number of nitrogens with one attached hydrogen (secondary N) is 2. The lowest BCUT2D eigenvalue weighted by atomic mass is 9.95. The molecule has 22 heavy (non-hydrogen) atoms. The van der Waals surface area contributed by atoms with Gasteiger partial charge in [-0.15, -0.1) is 0 Å². The summed E-state index contributed by atoms with van der Waals surface area (Å²) in [6.45, 7) is 1.49. The lowest BCUT2D eigenvalue weighted by Crippen LogP contribution is -2.05. The smallest absolute Gasteiger partial charge is 0.221 e. The van der Waals surface area contributed by atoms with Crippen molar-refractivity contribution in [3.05, 3.63) is 48.8 Å². The van der Waals surface area contributed by atoms with Crippen molar-refractivity contribution >= 4 is 47.3 Å². The van der Waals surface area contributed by atoms with Crippen molar-refractivity contribution < 1.29 is 4.79 Å². The van der Waals surface area contributed by atoms with Crippen molar-refractivity contribution in [2.45, 2.75) is 6.92 Å². The van der Waals surface area contributed by atoms with E-state index in [1.807, 2.05) is 44.2 Å². The molecule has 0 aliphatic rings. The molecule has 6 heteroatoms. The van der Waals surface area contributed by atoms with Crippen LogP contribution in [0.5, 0.6) is 0 Å². The van der Waals surface area contributed by atoms with E-state index in [9.17, 15) is 4.79 Å². The van der Waals surface area contributed by atoms with Crippen LogP contribution in [0.15, 0.2) is 48.8 Å². The summed E-state index contributed by atoms with van der Waals surface area (Å²) in [6.07, 6.45) is 1.55. The van der Waals surface area contributed by atoms with Crippen molar-refractivity contribution in [2.75, 3.05) is 10.6 Å². The van der Waals surface area contributed by atoms with E-state index in [1.54, 1.807) is 6.33 Å². The summed E-state index contributed by atoms with van der Waals surface area (Å²) in [4.78, 5) is 19.6. The Balaban J connectivity index is 1.89. The van der Waals surface area contributed by atoms with E-state index >= 15 is 0 Å². The topological polar surface area (TPSA) is 66.9 Å². The van der Waals surface area contributed by atoms with Crippen LogP contribution in [0.1, 0.15) is 6.92 Å². The van der Waals surface area contributed by atoms with Gasteiger partial charge >= 0.3 is 0 Å². The van der Waals surface area contributed by atoms with E-state index in [4.69, 9.17) is 0 Å². The Labute approximate surface area is 129 Å². The molecule has 1 amide bonds. The van der Waals surface area contributed by atoms with E-state index in [0.717, 1.165) is 33.6 Å². The Morgan fingerprint density at radius 1 is 1.05 bits per heavy atom. The number of rotatable bonds is 3. The Bertz CT molecular complexity index is 833. The highest BCUT2D eigenvalue weighted by molar-refractivity contribution is 6.33. The fourth-order valence-corrected chi connectivity index (χ4v) is 2.25. The van der Waals surface area contributed by atoms with Gasteiger partial charge in [0, 0.05) is 23.7 Å². The minimum absolute atomic E-state index is 0.0852. The monoisotopic (exact) mass is 290 g/mol. The lowest BCUT2D eigenvalue weighted by Gasteiger charge is -2.10. The highest BCUT2D eigenvalue weighted by Gasteiger charge is 2.04. The van der Waals surface area contributed by atoms with Crippen LogP contribution in [-0.2, 0) is 4.79 Å². The highest BCUT2D eigenvalue weighted by Crippen LogP contribution is 2.23. The van der Waals surface area contributed by atoms with Gasteiger partial charge in [-0.05, 0) is 30.3 Å². The van der Waals surface area contributed by atoms with Crippen molar-refractivity contribution in [1.29, 1.82) is 0 Å². The number of carbonyl (C=O) groups excluding carboxylic acids is 1. The van der Waals surface area contributed by atoms with E-state index in [0.29, 0.717) is 0 Å². The minimum Gasteiger partial charge on any atom is -0.340 e. The van der Waals surface area contributed by atoms with E-state index in [-0.39, 0.29) is 5.91 Å². The fraction of sp³-hybridized carbons (Fsp3) is 0.0625. The molecule has 0 radical (unpaired) electrons. The van der Waals surface area contributed by atoms with Gasteiger partial charge in [-0.25, -0.2) is 9.97 Å². The van der Waals surface area contributed by atoms with Crippen LogP contribution in [0.25, 0.3) is 10.9 Å². The quantitative estimate of drug-likeness (QED) is 0.719. The zero-order valence-electron chi connectivity index (χ0n) is 12.4. The molecule has 0 aliphatic heterocycles. The second-order valence-electron chi connectivity index (χ2n) is 5.13. The first kappa shape index (κ1) is 14.1. The molecule has 0 fully saturated rings. The van der Waals surface area contributed by atoms with Crippen molar-refractivity contribution in [3.63, 3.8) is 0 Å². The van der Waals surface area contributed by atoms with Gasteiger partial charge in [0.1, 0.15) is 20.0 Å². The third-order valence-electron chi connectivity index (χ3n) is 3.26. The van der Waals surface area contributed by atoms with Gasteiger partial charge in [-0.3, -0.25) is 4.79 Å². The summed E-state index contributed by atoms with van der Waals surface area (Å²) < 4.78 is 0. The summed E-state index contributed by atoms with van der Waals surface area (Å²) in [5.41, 5.74) is 3.72. The number of carbonyl (C=O) groups is 1. The summed E-state index contributed by atoms with van der Waals surface area (Å²) in [5, 5.41) is 7.01. The van der Waals surface area contributed by atoms with Crippen LogP contribution in [0, 0.1) is 0 Å². The molecule has 3 rings (SSSR count). The number of aromatic nitrogens is 2. The molecule has 5 nitrogen and oxygen atoms in total. The zero-order valence-corrected chi connectivity index (χ0v) is 12.4. The predicted molar refractivity (Wildman–Crippen MR) is 91.7 cm³/mol. The van der Waals surface area contributed by atoms with Gasteiger partial charge in [0.05, 0.1) is 5.52 Å². The second-order valence-corrected chi connectivity index (χ2v) is 5.13. The minimum atomic E-state index is -0.0852. The summed E-state index contributed by atoms with van der Waals surface area (Å²) in [7, 11) is 2.04. The molecule has 0 saturated carbocycles. The second kappa shape index (κ2) is 5.85. The van der Waals surface area contributed by atoms with Gasteiger partial charge in [-0.1, -0.05) is 17.6 Å². The Morgan fingerprint density at radius 2 is 1.77 bits per heavy atom. The van der Waals surface area contributed by atoms with Crippen LogP contribution < -0.4 is 16.1 Å². The number of fused-ring (bicyclic) bond motifs is 1. The Kier molecular flexibility index (Phi) is 3.74. The Morgan fingerprint density at radius 3 is 2.50 bits per heavy atom. The molecule has 0 aliphatic carbocycles. The van der Waals surface area contributed by atoms with Crippen LogP contribution in [-0.4, -0.2) is 23.7 Å². The third kappa shape index (κ3) is 3.06. The number of hydrogen-bond acceptors (Lipinski definition) is 4. The molecular weight excluding hydrogens is 275 g/mol. The molecule has 1 aromatic heterocycles. The average molecular weight is 290 g/mol. The molecule has 3 aromatic rings. The SMILES string of the molecule is Bc1ccc2ncnc(Nc3ccc(NC(C)=O)cc3)c2c1. The van der Waals surface area contributed by atoms with Crippen LogP contribution >= 0.6 is 0 Å². The predicted octanol–water partition coefficient (Wildman–Crippen LogP) is 1.59. The fourth-order valence-electron chi connectivity index (χ4n) is 2.25. The van der Waals surface area contributed by atoms with Gasteiger partial charge in [0.2, 0.25) is 5.91 Å². The summed E-state index contributed by atoms with van der Waals surface area (Å²) >= 11 is 0. The summed E-state index contributed by atoms with van der Waals surface area (Å²) in [5.74, 6) is 0.680. The van der Waals surface area contributed by atoms with Gasteiger partial charge in [0.15, 0.2) is 0 Å². The molecular formula is C16H15BN4O. The largest absolute Gasteiger partial charge is 0.340 e. The molecule has 1 heterocycles.